The van der Waals surface area contributed by atoms with Gasteiger partial charge in [0, 0.05) is 34.9 Å². The first kappa shape index (κ1) is 14.3. The Labute approximate surface area is 115 Å². The smallest absolute Gasteiger partial charge is 0.261 e. The van der Waals surface area contributed by atoms with Crippen LogP contribution in [-0.4, -0.2) is 32.3 Å². The van der Waals surface area contributed by atoms with Gasteiger partial charge in [0.2, 0.25) is 0 Å². The van der Waals surface area contributed by atoms with Crippen molar-refractivity contribution in [2.24, 2.45) is 0 Å². The van der Waals surface area contributed by atoms with Gasteiger partial charge in [0.15, 0.2) is 0 Å². The highest BCUT2D eigenvalue weighted by molar-refractivity contribution is 8.13. The molecule has 1 aromatic carbocycles. The van der Waals surface area contributed by atoms with Gasteiger partial charge >= 0.3 is 0 Å². The number of carbonyl (C=O) groups is 1. The molecule has 1 aromatic rings. The van der Waals surface area contributed by atoms with Gasteiger partial charge in [-0.1, -0.05) is 0 Å². The first-order chi connectivity index (χ1) is 8.80. The standard InChI is InChI=1S/C12H13ClFNO3S/c1-8-10(14)6-9(7-11(8)19(13,17)18)12(16)15-4-2-3-5-15/h6-7H,2-5H2,1H3. The van der Waals surface area contributed by atoms with Crippen molar-refractivity contribution in [3.05, 3.63) is 29.1 Å². The first-order valence-corrected chi connectivity index (χ1v) is 8.15. The Morgan fingerprint density at radius 2 is 1.89 bits per heavy atom. The highest BCUT2D eigenvalue weighted by atomic mass is 35.7. The molecule has 0 radical (unpaired) electrons. The van der Waals surface area contributed by atoms with E-state index in [0.29, 0.717) is 13.1 Å². The average molecular weight is 306 g/mol. The van der Waals surface area contributed by atoms with Crippen LogP contribution in [0.1, 0.15) is 28.8 Å². The zero-order valence-electron chi connectivity index (χ0n) is 10.3. The average Bonchev–Trinajstić information content (AvgIpc) is 2.83. The number of carbonyl (C=O) groups excluding carboxylic acids is 1. The van der Waals surface area contributed by atoms with Gasteiger partial charge in [0.05, 0.1) is 4.90 Å². The highest BCUT2D eigenvalue weighted by Gasteiger charge is 2.24. The number of likely N-dealkylation sites (tertiary alicyclic amines) is 1. The van der Waals surface area contributed by atoms with E-state index in [1.54, 1.807) is 4.90 Å². The molecule has 0 bridgehead atoms. The van der Waals surface area contributed by atoms with Crippen LogP contribution in [0.25, 0.3) is 0 Å². The van der Waals surface area contributed by atoms with Crippen LogP contribution in [-0.2, 0) is 9.05 Å². The van der Waals surface area contributed by atoms with Gasteiger partial charge in [0.1, 0.15) is 5.82 Å². The summed E-state index contributed by atoms with van der Waals surface area (Å²) in [7, 11) is 1.18. The largest absolute Gasteiger partial charge is 0.339 e. The van der Waals surface area contributed by atoms with E-state index in [-0.39, 0.29) is 21.9 Å². The van der Waals surface area contributed by atoms with Gasteiger partial charge in [-0.15, -0.1) is 0 Å². The Balaban J connectivity index is 2.48. The van der Waals surface area contributed by atoms with E-state index in [1.165, 1.54) is 6.92 Å². The van der Waals surface area contributed by atoms with Crippen molar-refractivity contribution in [3.8, 4) is 0 Å². The predicted octanol–water partition coefficient (Wildman–Crippen LogP) is 2.30. The number of amides is 1. The zero-order valence-corrected chi connectivity index (χ0v) is 11.9. The van der Waals surface area contributed by atoms with Crippen LogP contribution in [0.2, 0.25) is 0 Å². The summed E-state index contributed by atoms with van der Waals surface area (Å²) in [6, 6.07) is 2.20. The Kier molecular flexibility index (Phi) is 3.82. The molecule has 1 fully saturated rings. The van der Waals surface area contributed by atoms with Crippen LogP contribution in [0.3, 0.4) is 0 Å². The summed E-state index contributed by atoms with van der Waals surface area (Å²) in [5.41, 5.74) is -0.0582. The van der Waals surface area contributed by atoms with Crippen molar-refractivity contribution >= 4 is 25.6 Å². The molecule has 0 saturated carbocycles. The molecule has 19 heavy (non-hydrogen) atoms. The predicted molar refractivity (Wildman–Crippen MR) is 69.3 cm³/mol. The Bertz CT molecular complexity index is 624. The molecule has 2 rings (SSSR count). The molecule has 4 nitrogen and oxygen atoms in total. The third-order valence-corrected chi connectivity index (χ3v) is 4.65. The molecular weight excluding hydrogens is 293 g/mol. The quantitative estimate of drug-likeness (QED) is 0.788. The van der Waals surface area contributed by atoms with E-state index in [0.717, 1.165) is 25.0 Å². The lowest BCUT2D eigenvalue weighted by atomic mass is 10.1. The maximum atomic E-state index is 13.7. The lowest BCUT2D eigenvalue weighted by Crippen LogP contribution is -2.28. The fraction of sp³-hybridized carbons (Fsp3) is 0.417. The number of halogens is 2. The van der Waals surface area contributed by atoms with Crippen LogP contribution >= 0.6 is 10.7 Å². The molecule has 0 aromatic heterocycles. The molecule has 0 unspecified atom stereocenters. The third-order valence-electron chi connectivity index (χ3n) is 3.20. The van der Waals surface area contributed by atoms with Crippen LogP contribution in [0.4, 0.5) is 4.39 Å². The molecule has 1 saturated heterocycles. The fourth-order valence-electron chi connectivity index (χ4n) is 2.13. The molecule has 1 aliphatic rings. The molecule has 7 heteroatoms. The highest BCUT2D eigenvalue weighted by Crippen LogP contribution is 2.25. The lowest BCUT2D eigenvalue weighted by Gasteiger charge is -2.16. The minimum atomic E-state index is -4.07. The van der Waals surface area contributed by atoms with Gasteiger partial charge in [-0.25, -0.2) is 12.8 Å². The van der Waals surface area contributed by atoms with Gasteiger partial charge < -0.3 is 4.90 Å². The van der Waals surface area contributed by atoms with E-state index in [4.69, 9.17) is 10.7 Å². The maximum absolute atomic E-state index is 13.7. The number of hydrogen-bond acceptors (Lipinski definition) is 3. The molecule has 1 heterocycles. The second kappa shape index (κ2) is 5.09. The summed E-state index contributed by atoms with van der Waals surface area (Å²) in [5.74, 6) is -1.11. The number of hydrogen-bond donors (Lipinski definition) is 0. The normalized spacial score (nSPS) is 15.8. The monoisotopic (exact) mass is 305 g/mol. The van der Waals surface area contributed by atoms with E-state index in [9.17, 15) is 17.6 Å². The molecule has 0 N–H and O–H groups in total. The minimum Gasteiger partial charge on any atom is -0.339 e. The van der Waals surface area contributed by atoms with E-state index < -0.39 is 14.9 Å². The van der Waals surface area contributed by atoms with Crippen molar-refractivity contribution in [1.29, 1.82) is 0 Å². The molecule has 1 aliphatic heterocycles. The second-order valence-electron chi connectivity index (χ2n) is 4.52. The van der Waals surface area contributed by atoms with Gasteiger partial charge in [-0.3, -0.25) is 4.79 Å². The number of nitrogens with zero attached hydrogens (tertiary/aromatic N) is 1. The van der Waals surface area contributed by atoms with E-state index in [1.807, 2.05) is 0 Å². The van der Waals surface area contributed by atoms with Crippen molar-refractivity contribution in [2.75, 3.05) is 13.1 Å². The summed E-state index contributed by atoms with van der Waals surface area (Å²) in [5, 5.41) is 0. The summed E-state index contributed by atoms with van der Waals surface area (Å²) < 4.78 is 36.5. The third kappa shape index (κ3) is 2.90. The van der Waals surface area contributed by atoms with Gasteiger partial charge in [0.25, 0.3) is 15.0 Å². The topological polar surface area (TPSA) is 54.5 Å². The van der Waals surface area contributed by atoms with Crippen molar-refractivity contribution in [2.45, 2.75) is 24.7 Å². The van der Waals surface area contributed by atoms with Crippen LogP contribution in [0, 0.1) is 12.7 Å². The molecule has 104 valence electrons. The fourth-order valence-corrected chi connectivity index (χ4v) is 3.34. The summed E-state index contributed by atoms with van der Waals surface area (Å²) in [4.78, 5) is 13.3. The summed E-state index contributed by atoms with van der Waals surface area (Å²) >= 11 is 0. The number of benzene rings is 1. The Morgan fingerprint density at radius 1 is 1.32 bits per heavy atom. The Morgan fingerprint density at radius 3 is 2.42 bits per heavy atom. The molecule has 0 aliphatic carbocycles. The van der Waals surface area contributed by atoms with Crippen molar-refractivity contribution in [1.82, 2.24) is 4.90 Å². The minimum absolute atomic E-state index is 0.0178. The Hall–Kier alpha value is -1.14. The van der Waals surface area contributed by atoms with Crippen molar-refractivity contribution in [3.63, 3.8) is 0 Å². The second-order valence-corrected chi connectivity index (χ2v) is 7.05. The summed E-state index contributed by atoms with van der Waals surface area (Å²) in [6.07, 6.45) is 1.81. The first-order valence-electron chi connectivity index (χ1n) is 5.85. The molecule has 1 amide bonds. The maximum Gasteiger partial charge on any atom is 0.261 e. The van der Waals surface area contributed by atoms with Gasteiger partial charge in [-0.2, -0.15) is 0 Å². The van der Waals surface area contributed by atoms with E-state index in [2.05, 4.69) is 0 Å². The number of rotatable bonds is 2. The van der Waals surface area contributed by atoms with E-state index >= 15 is 0 Å². The van der Waals surface area contributed by atoms with Crippen LogP contribution in [0.5, 0.6) is 0 Å². The molecule has 0 atom stereocenters. The van der Waals surface area contributed by atoms with Crippen molar-refractivity contribution < 1.29 is 17.6 Å². The van der Waals surface area contributed by atoms with Crippen LogP contribution in [0.15, 0.2) is 17.0 Å². The SMILES string of the molecule is Cc1c(F)cc(C(=O)N2CCCC2)cc1S(=O)(=O)Cl. The molecule has 0 spiro atoms. The molecular formula is C12H13ClFNO3S. The summed E-state index contributed by atoms with van der Waals surface area (Å²) in [6.45, 7) is 2.53. The van der Waals surface area contributed by atoms with Gasteiger partial charge in [-0.05, 0) is 31.9 Å². The van der Waals surface area contributed by atoms with Crippen LogP contribution < -0.4 is 0 Å². The lowest BCUT2D eigenvalue weighted by molar-refractivity contribution is 0.0792. The zero-order chi connectivity index (χ0) is 14.2.